The van der Waals surface area contributed by atoms with Gasteiger partial charge in [0.2, 0.25) is 0 Å². The number of carbonyl (C=O) groups excluding carboxylic acids is 1. The van der Waals surface area contributed by atoms with Gasteiger partial charge in [0, 0.05) is 13.6 Å². The molecule has 26 heavy (non-hydrogen) atoms. The van der Waals surface area contributed by atoms with Crippen molar-refractivity contribution in [3.8, 4) is 5.75 Å². The molecule has 140 valence electrons. The summed E-state index contributed by atoms with van der Waals surface area (Å²) < 4.78 is 53.0. The van der Waals surface area contributed by atoms with Crippen LogP contribution < -0.4 is 4.74 Å². The summed E-state index contributed by atoms with van der Waals surface area (Å²) in [5.74, 6) is -0.519. The predicted octanol–water partition coefficient (Wildman–Crippen LogP) is 3.35. The summed E-state index contributed by atoms with van der Waals surface area (Å²) in [7, 11) is -1.99. The van der Waals surface area contributed by atoms with E-state index in [1.54, 1.807) is 31.3 Å². The van der Waals surface area contributed by atoms with Crippen molar-refractivity contribution in [2.45, 2.75) is 25.0 Å². The topological polar surface area (TPSA) is 63.7 Å². The number of nitrogens with zero attached hydrogens (tertiary/aromatic N) is 1. The summed E-state index contributed by atoms with van der Waals surface area (Å²) in [5, 5.41) is 0. The molecule has 0 fully saturated rings. The Morgan fingerprint density at radius 3 is 2.31 bits per heavy atom. The van der Waals surface area contributed by atoms with E-state index in [1.807, 2.05) is 0 Å². The molecule has 0 aliphatic carbocycles. The number of benzene rings is 2. The van der Waals surface area contributed by atoms with Gasteiger partial charge in [-0.3, -0.25) is 4.79 Å². The smallest absolute Gasteiger partial charge is 0.387 e. The van der Waals surface area contributed by atoms with Crippen molar-refractivity contribution >= 4 is 15.7 Å². The van der Waals surface area contributed by atoms with Crippen molar-refractivity contribution in [2.75, 3.05) is 12.8 Å². The molecule has 0 atom stereocenters. The van der Waals surface area contributed by atoms with E-state index in [9.17, 15) is 22.0 Å². The Bertz CT molecular complexity index is 867. The number of amides is 1. The first-order valence-corrected chi connectivity index (χ1v) is 9.51. The number of sulfone groups is 1. The second-order valence-electron chi connectivity index (χ2n) is 5.58. The van der Waals surface area contributed by atoms with E-state index in [2.05, 4.69) is 4.74 Å². The fourth-order valence-electron chi connectivity index (χ4n) is 2.40. The molecule has 0 heterocycles. The molecule has 8 heteroatoms. The molecular weight excluding hydrogens is 364 g/mol. The van der Waals surface area contributed by atoms with Gasteiger partial charge in [-0.25, -0.2) is 8.42 Å². The lowest BCUT2D eigenvalue weighted by atomic mass is 10.1. The molecule has 0 unspecified atom stereocenters. The van der Waals surface area contributed by atoms with Crippen LogP contribution in [0.1, 0.15) is 22.8 Å². The van der Waals surface area contributed by atoms with E-state index in [-0.39, 0.29) is 28.5 Å². The zero-order valence-corrected chi connectivity index (χ0v) is 15.2. The Labute approximate surface area is 151 Å². The van der Waals surface area contributed by atoms with Gasteiger partial charge in [0.05, 0.1) is 16.2 Å². The highest BCUT2D eigenvalue weighted by Gasteiger charge is 2.22. The van der Waals surface area contributed by atoms with Crippen LogP contribution in [0.25, 0.3) is 0 Å². The average molecular weight is 383 g/mol. The van der Waals surface area contributed by atoms with Crippen LogP contribution >= 0.6 is 0 Å². The minimum Gasteiger partial charge on any atom is -0.435 e. The van der Waals surface area contributed by atoms with Gasteiger partial charge in [0.15, 0.2) is 9.84 Å². The third-order valence-electron chi connectivity index (χ3n) is 3.75. The molecule has 2 aromatic carbocycles. The molecule has 0 bridgehead atoms. The van der Waals surface area contributed by atoms with Gasteiger partial charge in [0.25, 0.3) is 5.91 Å². The molecule has 2 aromatic rings. The minimum absolute atomic E-state index is 0.0000290. The number of hydrogen-bond donors (Lipinski definition) is 0. The third kappa shape index (κ3) is 4.78. The van der Waals surface area contributed by atoms with Gasteiger partial charge < -0.3 is 9.64 Å². The van der Waals surface area contributed by atoms with Crippen LogP contribution in [0.5, 0.6) is 5.75 Å². The van der Waals surface area contributed by atoms with E-state index < -0.39 is 22.4 Å². The monoisotopic (exact) mass is 383 g/mol. The highest BCUT2D eigenvalue weighted by Crippen LogP contribution is 2.20. The van der Waals surface area contributed by atoms with Crippen molar-refractivity contribution in [1.82, 2.24) is 4.90 Å². The molecule has 2 rings (SSSR count). The summed E-state index contributed by atoms with van der Waals surface area (Å²) in [5.41, 5.74) is 0.799. The standard InChI is InChI=1S/C18H19F2NO4S/c1-3-26(23,24)16-7-5-4-6-15(16)17(22)21(2)12-13-8-10-14(11-9-13)25-18(19)20/h4-11,18H,3,12H2,1-2H3. The number of ether oxygens (including phenoxy) is 1. The van der Waals surface area contributed by atoms with Crippen molar-refractivity contribution < 1.29 is 26.7 Å². The number of hydrogen-bond acceptors (Lipinski definition) is 4. The number of alkyl halides is 2. The van der Waals surface area contributed by atoms with E-state index in [0.717, 1.165) is 0 Å². The lowest BCUT2D eigenvalue weighted by Gasteiger charge is -2.19. The number of carbonyl (C=O) groups is 1. The molecule has 0 aliphatic heterocycles. The summed E-state index contributed by atoms with van der Waals surface area (Å²) in [6.07, 6.45) is 0. The summed E-state index contributed by atoms with van der Waals surface area (Å²) in [6, 6.07) is 12.0. The summed E-state index contributed by atoms with van der Waals surface area (Å²) >= 11 is 0. The van der Waals surface area contributed by atoms with Crippen LogP contribution in [0.2, 0.25) is 0 Å². The van der Waals surface area contributed by atoms with Gasteiger partial charge in [-0.15, -0.1) is 0 Å². The average Bonchev–Trinajstić information content (AvgIpc) is 2.62. The highest BCUT2D eigenvalue weighted by molar-refractivity contribution is 7.91. The molecule has 0 saturated carbocycles. The van der Waals surface area contributed by atoms with Crippen molar-refractivity contribution in [3.63, 3.8) is 0 Å². The Balaban J connectivity index is 2.18. The first-order chi connectivity index (χ1) is 12.2. The molecule has 0 N–H and O–H groups in total. The van der Waals surface area contributed by atoms with E-state index in [4.69, 9.17) is 0 Å². The van der Waals surface area contributed by atoms with Gasteiger partial charge in [-0.05, 0) is 29.8 Å². The number of halogens is 2. The van der Waals surface area contributed by atoms with E-state index in [0.29, 0.717) is 5.56 Å². The Hall–Kier alpha value is -2.48. The Morgan fingerprint density at radius 2 is 1.73 bits per heavy atom. The molecule has 1 amide bonds. The third-order valence-corrected chi connectivity index (χ3v) is 5.53. The Kier molecular flexibility index (Phi) is 6.31. The molecule has 0 aromatic heterocycles. The largest absolute Gasteiger partial charge is 0.435 e. The highest BCUT2D eigenvalue weighted by atomic mass is 32.2. The number of rotatable bonds is 7. The van der Waals surface area contributed by atoms with Gasteiger partial charge in [-0.2, -0.15) is 8.78 Å². The second kappa shape index (κ2) is 8.27. The lowest BCUT2D eigenvalue weighted by Crippen LogP contribution is -2.27. The molecule has 0 spiro atoms. The second-order valence-corrected chi connectivity index (χ2v) is 7.83. The van der Waals surface area contributed by atoms with E-state index in [1.165, 1.54) is 36.1 Å². The van der Waals surface area contributed by atoms with Crippen molar-refractivity contribution in [2.24, 2.45) is 0 Å². The van der Waals surface area contributed by atoms with Crippen LogP contribution in [0.4, 0.5) is 8.78 Å². The van der Waals surface area contributed by atoms with Gasteiger partial charge in [0.1, 0.15) is 5.75 Å². The van der Waals surface area contributed by atoms with Crippen LogP contribution in [0, 0.1) is 0 Å². The van der Waals surface area contributed by atoms with Crippen LogP contribution in [-0.4, -0.2) is 38.6 Å². The first-order valence-electron chi connectivity index (χ1n) is 7.85. The first kappa shape index (κ1) is 19.8. The maximum absolute atomic E-state index is 12.7. The fourth-order valence-corrected chi connectivity index (χ4v) is 3.48. The maximum Gasteiger partial charge on any atom is 0.387 e. The SMILES string of the molecule is CCS(=O)(=O)c1ccccc1C(=O)N(C)Cc1ccc(OC(F)F)cc1. The van der Waals surface area contributed by atoms with Gasteiger partial charge >= 0.3 is 6.61 Å². The molecular formula is C18H19F2NO4S. The zero-order valence-electron chi connectivity index (χ0n) is 14.4. The summed E-state index contributed by atoms with van der Waals surface area (Å²) in [4.78, 5) is 14.1. The van der Waals surface area contributed by atoms with Crippen molar-refractivity contribution in [3.05, 3.63) is 59.7 Å². The molecule has 0 radical (unpaired) electrons. The van der Waals surface area contributed by atoms with Crippen LogP contribution in [-0.2, 0) is 16.4 Å². The minimum atomic E-state index is -3.53. The quantitative estimate of drug-likeness (QED) is 0.736. The molecule has 0 aliphatic rings. The lowest BCUT2D eigenvalue weighted by molar-refractivity contribution is -0.0498. The normalized spacial score (nSPS) is 11.4. The Morgan fingerprint density at radius 1 is 1.12 bits per heavy atom. The summed E-state index contributed by atoms with van der Waals surface area (Å²) in [6.45, 7) is -1.19. The molecule has 0 saturated heterocycles. The fraction of sp³-hybridized carbons (Fsp3) is 0.278. The van der Waals surface area contributed by atoms with E-state index >= 15 is 0 Å². The zero-order chi connectivity index (χ0) is 19.3. The van der Waals surface area contributed by atoms with Gasteiger partial charge in [-0.1, -0.05) is 31.2 Å². The van der Waals surface area contributed by atoms with Crippen LogP contribution in [0.3, 0.4) is 0 Å². The van der Waals surface area contributed by atoms with Crippen molar-refractivity contribution in [1.29, 1.82) is 0 Å². The maximum atomic E-state index is 12.7. The predicted molar refractivity (Wildman–Crippen MR) is 93.0 cm³/mol. The van der Waals surface area contributed by atoms with Crippen LogP contribution in [0.15, 0.2) is 53.4 Å². The molecule has 5 nitrogen and oxygen atoms in total.